The standard InChI is InChI=1S/C22H35N3OS/c1-17-14-18(2)16-25(15-17)13-5-12-23-22(27)24-19-8-10-21(11-9-19)26-20-6-3-4-7-20/h8-11,17-18,20H,3-7,12-16H2,1-2H3,(H2,23,24,27)/t17-,18-/m1/s1. The van der Waals surface area contributed by atoms with Gasteiger partial charge in [0.25, 0.3) is 0 Å². The van der Waals surface area contributed by atoms with Crippen molar-refractivity contribution in [3.05, 3.63) is 24.3 Å². The quantitative estimate of drug-likeness (QED) is 0.524. The van der Waals surface area contributed by atoms with E-state index in [0.717, 1.165) is 42.8 Å². The second-order valence-corrected chi connectivity index (χ2v) is 8.90. The van der Waals surface area contributed by atoms with Crippen molar-refractivity contribution < 1.29 is 4.74 Å². The summed E-state index contributed by atoms with van der Waals surface area (Å²) in [5.74, 6) is 2.60. The first kappa shape index (κ1) is 20.4. The molecule has 2 fully saturated rings. The fraction of sp³-hybridized carbons (Fsp3) is 0.682. The molecule has 1 saturated heterocycles. The van der Waals surface area contributed by atoms with Crippen molar-refractivity contribution in [1.29, 1.82) is 0 Å². The molecule has 150 valence electrons. The second-order valence-electron chi connectivity index (χ2n) is 8.49. The van der Waals surface area contributed by atoms with Crippen LogP contribution >= 0.6 is 12.2 Å². The number of hydrogen-bond acceptors (Lipinski definition) is 3. The number of anilines is 1. The largest absolute Gasteiger partial charge is 0.490 e. The molecule has 0 aromatic heterocycles. The monoisotopic (exact) mass is 389 g/mol. The summed E-state index contributed by atoms with van der Waals surface area (Å²) in [6.07, 6.45) is 7.84. The third-order valence-corrected chi connectivity index (χ3v) is 5.84. The molecule has 0 amide bonds. The molecule has 2 aliphatic rings. The summed E-state index contributed by atoms with van der Waals surface area (Å²) >= 11 is 5.42. The molecule has 2 atom stereocenters. The summed E-state index contributed by atoms with van der Waals surface area (Å²) in [6.45, 7) is 9.27. The highest BCUT2D eigenvalue weighted by molar-refractivity contribution is 7.80. The number of hydrogen-bond donors (Lipinski definition) is 2. The van der Waals surface area contributed by atoms with Gasteiger partial charge in [-0.1, -0.05) is 13.8 Å². The molecule has 1 aromatic rings. The van der Waals surface area contributed by atoms with E-state index in [1.165, 1.54) is 45.2 Å². The average molecular weight is 390 g/mol. The molecule has 1 aliphatic carbocycles. The Kier molecular flexibility index (Phi) is 7.77. The molecule has 2 N–H and O–H groups in total. The molecule has 0 bridgehead atoms. The zero-order valence-corrected chi connectivity index (χ0v) is 17.7. The van der Waals surface area contributed by atoms with Crippen LogP contribution in [0.15, 0.2) is 24.3 Å². The van der Waals surface area contributed by atoms with Gasteiger partial charge in [0, 0.05) is 25.3 Å². The number of nitrogens with zero attached hydrogens (tertiary/aromatic N) is 1. The molecule has 0 unspecified atom stereocenters. The van der Waals surface area contributed by atoms with Crippen LogP contribution < -0.4 is 15.4 Å². The first-order valence-electron chi connectivity index (χ1n) is 10.6. The molecule has 0 radical (unpaired) electrons. The molecule has 0 spiro atoms. The van der Waals surface area contributed by atoms with Crippen molar-refractivity contribution in [2.45, 2.75) is 58.5 Å². The van der Waals surface area contributed by atoms with Gasteiger partial charge in [0.05, 0.1) is 6.10 Å². The molecule has 1 saturated carbocycles. The Bertz CT molecular complexity index is 576. The van der Waals surface area contributed by atoms with E-state index in [-0.39, 0.29) is 0 Å². The van der Waals surface area contributed by atoms with Gasteiger partial charge in [-0.2, -0.15) is 0 Å². The van der Waals surface area contributed by atoms with E-state index < -0.39 is 0 Å². The maximum Gasteiger partial charge on any atom is 0.170 e. The van der Waals surface area contributed by atoms with Crippen LogP contribution in [0.25, 0.3) is 0 Å². The Balaban J connectivity index is 1.31. The van der Waals surface area contributed by atoms with Gasteiger partial charge >= 0.3 is 0 Å². The lowest BCUT2D eigenvalue weighted by Gasteiger charge is -2.34. The van der Waals surface area contributed by atoms with Gasteiger partial charge in [-0.3, -0.25) is 0 Å². The van der Waals surface area contributed by atoms with Crippen molar-refractivity contribution in [1.82, 2.24) is 10.2 Å². The van der Waals surface area contributed by atoms with E-state index >= 15 is 0 Å². The molecular formula is C22H35N3OS. The number of rotatable bonds is 7. The zero-order valence-electron chi connectivity index (χ0n) is 16.9. The van der Waals surface area contributed by atoms with Gasteiger partial charge in [-0.15, -0.1) is 0 Å². The van der Waals surface area contributed by atoms with Crippen LogP contribution in [-0.4, -0.2) is 42.3 Å². The fourth-order valence-corrected chi connectivity index (χ4v) is 4.69. The van der Waals surface area contributed by atoms with Gasteiger partial charge in [0.15, 0.2) is 5.11 Å². The van der Waals surface area contributed by atoms with E-state index in [1.807, 2.05) is 24.3 Å². The minimum atomic E-state index is 0.400. The van der Waals surface area contributed by atoms with Gasteiger partial charge in [-0.25, -0.2) is 0 Å². The molecule has 1 heterocycles. The lowest BCUT2D eigenvalue weighted by Crippen LogP contribution is -2.40. The minimum Gasteiger partial charge on any atom is -0.490 e. The van der Waals surface area contributed by atoms with Crippen molar-refractivity contribution in [3.63, 3.8) is 0 Å². The lowest BCUT2D eigenvalue weighted by molar-refractivity contribution is 0.140. The molecular weight excluding hydrogens is 354 g/mol. The third-order valence-electron chi connectivity index (χ3n) is 5.60. The molecule has 27 heavy (non-hydrogen) atoms. The Morgan fingerprint density at radius 2 is 1.78 bits per heavy atom. The predicted molar refractivity (Wildman–Crippen MR) is 118 cm³/mol. The number of piperidine rings is 1. The van der Waals surface area contributed by atoms with Gasteiger partial charge in [0.2, 0.25) is 0 Å². The van der Waals surface area contributed by atoms with E-state index in [4.69, 9.17) is 17.0 Å². The van der Waals surface area contributed by atoms with Gasteiger partial charge < -0.3 is 20.3 Å². The summed E-state index contributed by atoms with van der Waals surface area (Å²) in [5.41, 5.74) is 1.00. The summed E-state index contributed by atoms with van der Waals surface area (Å²) in [6, 6.07) is 8.13. The Morgan fingerprint density at radius 3 is 2.44 bits per heavy atom. The van der Waals surface area contributed by atoms with Crippen LogP contribution in [0.5, 0.6) is 5.75 Å². The summed E-state index contributed by atoms with van der Waals surface area (Å²) in [7, 11) is 0. The minimum absolute atomic E-state index is 0.400. The number of likely N-dealkylation sites (tertiary alicyclic amines) is 1. The van der Waals surface area contributed by atoms with E-state index in [2.05, 4.69) is 29.4 Å². The third kappa shape index (κ3) is 6.96. The topological polar surface area (TPSA) is 36.5 Å². The molecule has 3 rings (SSSR count). The fourth-order valence-electron chi connectivity index (χ4n) is 4.47. The van der Waals surface area contributed by atoms with E-state index in [9.17, 15) is 0 Å². The van der Waals surface area contributed by atoms with Crippen LogP contribution in [0.3, 0.4) is 0 Å². The predicted octanol–water partition coefficient (Wildman–Crippen LogP) is 4.66. The number of ether oxygens (including phenoxy) is 1. The summed E-state index contributed by atoms with van der Waals surface area (Å²) in [5, 5.41) is 7.29. The van der Waals surface area contributed by atoms with Crippen LogP contribution in [-0.2, 0) is 0 Å². The summed E-state index contributed by atoms with van der Waals surface area (Å²) < 4.78 is 6.01. The second kappa shape index (κ2) is 10.3. The molecule has 1 aromatic carbocycles. The van der Waals surface area contributed by atoms with E-state index in [0.29, 0.717) is 11.2 Å². The highest BCUT2D eigenvalue weighted by Gasteiger charge is 2.21. The SMILES string of the molecule is C[C@@H]1C[C@@H](C)CN(CCCNC(=S)Nc2ccc(OC3CCCC3)cc2)C1. The van der Waals surface area contributed by atoms with Crippen LogP contribution in [0.4, 0.5) is 5.69 Å². The molecule has 5 heteroatoms. The van der Waals surface area contributed by atoms with Crippen LogP contribution in [0, 0.1) is 11.8 Å². The van der Waals surface area contributed by atoms with Crippen molar-refractivity contribution >= 4 is 23.0 Å². The maximum absolute atomic E-state index is 6.01. The highest BCUT2D eigenvalue weighted by atomic mass is 32.1. The zero-order chi connectivity index (χ0) is 19.1. The number of nitrogens with one attached hydrogen (secondary N) is 2. The average Bonchev–Trinajstić information content (AvgIpc) is 3.13. The molecule has 1 aliphatic heterocycles. The smallest absolute Gasteiger partial charge is 0.170 e. The molecule has 4 nitrogen and oxygen atoms in total. The van der Waals surface area contributed by atoms with E-state index in [1.54, 1.807) is 0 Å². The normalized spacial score (nSPS) is 23.9. The van der Waals surface area contributed by atoms with Crippen LogP contribution in [0.2, 0.25) is 0 Å². The number of thiocarbonyl (C=S) groups is 1. The highest BCUT2D eigenvalue weighted by Crippen LogP contribution is 2.25. The Labute approximate surface area is 170 Å². The first-order chi connectivity index (χ1) is 13.1. The van der Waals surface area contributed by atoms with Crippen molar-refractivity contribution in [2.24, 2.45) is 11.8 Å². The van der Waals surface area contributed by atoms with Crippen molar-refractivity contribution in [3.8, 4) is 5.75 Å². The van der Waals surface area contributed by atoms with Crippen molar-refractivity contribution in [2.75, 3.05) is 31.5 Å². The van der Waals surface area contributed by atoms with Gasteiger partial charge in [0.1, 0.15) is 5.75 Å². The first-order valence-corrected chi connectivity index (χ1v) is 11.0. The van der Waals surface area contributed by atoms with Crippen LogP contribution in [0.1, 0.15) is 52.4 Å². The Hall–Kier alpha value is -1.33. The lowest BCUT2D eigenvalue weighted by atomic mass is 9.92. The maximum atomic E-state index is 6.01. The summed E-state index contributed by atoms with van der Waals surface area (Å²) in [4.78, 5) is 2.60. The Morgan fingerprint density at radius 1 is 1.11 bits per heavy atom. The van der Waals surface area contributed by atoms with Gasteiger partial charge in [-0.05, 0) is 93.4 Å². The number of benzene rings is 1.